The van der Waals surface area contributed by atoms with Crippen LogP contribution < -0.4 is 4.31 Å². The number of ether oxygens (including phenoxy) is 1. The van der Waals surface area contributed by atoms with Crippen molar-refractivity contribution in [2.75, 3.05) is 10.8 Å². The molecule has 0 aliphatic carbocycles. The molecule has 0 saturated heterocycles. The minimum Gasteiger partial charge on any atom is -0.424 e. The summed E-state index contributed by atoms with van der Waals surface area (Å²) in [6, 6.07) is 8.95. The second kappa shape index (κ2) is 8.08. The van der Waals surface area contributed by atoms with Crippen LogP contribution in [0.4, 0.5) is 14.6 Å². The molecule has 0 saturated carbocycles. The van der Waals surface area contributed by atoms with E-state index in [1.165, 1.54) is 30.5 Å². The maximum atomic E-state index is 13.4. The number of carbonyl (C=O) groups is 1. The Bertz CT molecular complexity index is 1090. The molecule has 3 rings (SSSR count). The fraction of sp³-hybridized carbons (Fsp3) is 0.263. The van der Waals surface area contributed by atoms with E-state index < -0.39 is 39.8 Å². The van der Waals surface area contributed by atoms with Crippen molar-refractivity contribution in [3.05, 3.63) is 58.7 Å². The third kappa shape index (κ3) is 3.97. The second-order valence-corrected chi connectivity index (χ2v) is 8.72. The lowest BCUT2D eigenvalue weighted by Gasteiger charge is -2.32. The zero-order valence-corrected chi connectivity index (χ0v) is 17.0. The van der Waals surface area contributed by atoms with Gasteiger partial charge in [-0.1, -0.05) is 43.6 Å². The average molecular weight is 443 g/mol. The summed E-state index contributed by atoms with van der Waals surface area (Å²) in [5, 5.41) is 0.0634. The summed E-state index contributed by atoms with van der Waals surface area (Å²) in [7, 11) is -4.56. The number of pyridine rings is 1. The van der Waals surface area contributed by atoms with Gasteiger partial charge in [0.05, 0.1) is 18.0 Å². The summed E-state index contributed by atoms with van der Waals surface area (Å²) < 4.78 is 59.1. The highest BCUT2D eigenvalue weighted by Gasteiger charge is 2.42. The van der Waals surface area contributed by atoms with Gasteiger partial charge in [-0.3, -0.25) is 4.79 Å². The van der Waals surface area contributed by atoms with Gasteiger partial charge in [-0.25, -0.2) is 26.5 Å². The lowest BCUT2D eigenvalue weighted by molar-refractivity contribution is -0.140. The number of sulfonamides is 1. The zero-order chi connectivity index (χ0) is 21.3. The molecular weight excluding hydrogens is 426 g/mol. The third-order valence-corrected chi connectivity index (χ3v) is 6.27. The third-order valence-electron chi connectivity index (χ3n) is 4.12. The second-order valence-electron chi connectivity index (χ2n) is 6.52. The molecule has 10 heteroatoms. The van der Waals surface area contributed by atoms with Crippen LogP contribution in [0.1, 0.15) is 25.0 Å². The van der Waals surface area contributed by atoms with E-state index in [1.807, 2.05) is 0 Å². The van der Waals surface area contributed by atoms with E-state index in [-0.39, 0.29) is 27.7 Å². The van der Waals surface area contributed by atoms with Crippen LogP contribution in [-0.2, 0) is 19.6 Å². The van der Waals surface area contributed by atoms with Gasteiger partial charge in [0.25, 0.3) is 16.4 Å². The van der Waals surface area contributed by atoms with Crippen LogP contribution >= 0.6 is 11.6 Å². The molecule has 154 valence electrons. The van der Waals surface area contributed by atoms with Crippen LogP contribution in [0.5, 0.6) is 0 Å². The van der Waals surface area contributed by atoms with Gasteiger partial charge in [0.15, 0.2) is 11.6 Å². The van der Waals surface area contributed by atoms with Crippen LogP contribution in [0.25, 0.3) is 10.7 Å². The first-order valence-corrected chi connectivity index (χ1v) is 10.4. The van der Waals surface area contributed by atoms with Gasteiger partial charge < -0.3 is 4.74 Å². The lowest BCUT2D eigenvalue weighted by atomic mass is 10.1. The number of halogens is 3. The lowest BCUT2D eigenvalue weighted by Crippen LogP contribution is -2.39. The quantitative estimate of drug-likeness (QED) is 0.649. The van der Waals surface area contributed by atoms with Gasteiger partial charge in [0.1, 0.15) is 4.91 Å². The molecule has 2 aromatic rings. The first kappa shape index (κ1) is 21.2. The molecule has 1 aromatic heterocycles. The number of carbonyl (C=O) groups excluding carboxylic acids is 1. The zero-order valence-electron chi connectivity index (χ0n) is 15.5. The summed E-state index contributed by atoms with van der Waals surface area (Å²) in [5.74, 6) is -1.77. The van der Waals surface area contributed by atoms with Crippen molar-refractivity contribution >= 4 is 44.1 Å². The van der Waals surface area contributed by atoms with Gasteiger partial charge in [0, 0.05) is 16.8 Å². The molecule has 0 N–H and O–H groups in total. The van der Waals surface area contributed by atoms with Crippen molar-refractivity contribution in [2.45, 2.75) is 20.3 Å². The molecule has 0 bridgehead atoms. The summed E-state index contributed by atoms with van der Waals surface area (Å²) >= 11 is 6.21. The van der Waals surface area contributed by atoms with Crippen LogP contribution in [0.3, 0.4) is 0 Å². The minimum absolute atomic E-state index is 0.0366. The molecule has 0 atom stereocenters. The monoisotopic (exact) mass is 442 g/mol. The molecule has 2 heterocycles. The van der Waals surface area contributed by atoms with E-state index in [1.54, 1.807) is 26.0 Å². The van der Waals surface area contributed by atoms with Gasteiger partial charge in [0.2, 0.25) is 0 Å². The standard InChI is InChI=1S/C19H17ClF2N2O4S/c1-11(2)19(25)28-16-13-7-5-9-23-18(13)24(10-15(21)22)29(26,27)17(16)12-6-3-4-8-14(12)20/h3-9,11,15H,10H2,1-2H3. The molecule has 1 aliphatic rings. The SMILES string of the molecule is CC(C)C(=O)OC1=C(c2ccccc2Cl)S(=O)(=O)N(CC(F)F)c2ncccc21. The number of rotatable bonds is 5. The fourth-order valence-electron chi connectivity index (χ4n) is 2.77. The van der Waals surface area contributed by atoms with E-state index in [0.717, 1.165) is 0 Å². The highest BCUT2D eigenvalue weighted by Crippen LogP contribution is 2.45. The highest BCUT2D eigenvalue weighted by molar-refractivity contribution is 8.02. The number of alkyl halides is 2. The van der Waals surface area contributed by atoms with Crippen LogP contribution in [0.2, 0.25) is 5.02 Å². The van der Waals surface area contributed by atoms with E-state index in [9.17, 15) is 22.0 Å². The summed E-state index contributed by atoms with van der Waals surface area (Å²) in [6.07, 6.45) is -1.68. The van der Waals surface area contributed by atoms with Crippen LogP contribution in [0.15, 0.2) is 42.6 Å². The molecule has 0 amide bonds. The minimum atomic E-state index is -4.56. The first-order valence-electron chi connectivity index (χ1n) is 8.61. The van der Waals surface area contributed by atoms with Crippen molar-refractivity contribution in [2.24, 2.45) is 5.92 Å². The predicted molar refractivity (Wildman–Crippen MR) is 106 cm³/mol. The van der Waals surface area contributed by atoms with Crippen molar-refractivity contribution in [3.8, 4) is 0 Å². The number of fused-ring (bicyclic) bond motifs is 1. The van der Waals surface area contributed by atoms with E-state index in [2.05, 4.69) is 4.98 Å². The smallest absolute Gasteiger partial charge is 0.313 e. The van der Waals surface area contributed by atoms with Crippen LogP contribution in [0, 0.1) is 5.92 Å². The highest BCUT2D eigenvalue weighted by atomic mass is 35.5. The maximum Gasteiger partial charge on any atom is 0.313 e. The Hall–Kier alpha value is -2.52. The number of nitrogens with zero attached hydrogens (tertiary/aromatic N) is 2. The van der Waals surface area contributed by atoms with Gasteiger partial charge in [-0.15, -0.1) is 0 Å². The summed E-state index contributed by atoms with van der Waals surface area (Å²) in [5.41, 5.74) is 0.140. The Morgan fingerprint density at radius 2 is 1.83 bits per heavy atom. The number of esters is 1. The largest absolute Gasteiger partial charge is 0.424 e. The number of aromatic nitrogens is 1. The Morgan fingerprint density at radius 3 is 2.45 bits per heavy atom. The van der Waals surface area contributed by atoms with Crippen molar-refractivity contribution in [1.82, 2.24) is 4.98 Å². The van der Waals surface area contributed by atoms with Crippen molar-refractivity contribution in [1.29, 1.82) is 0 Å². The molecule has 0 radical (unpaired) electrons. The van der Waals surface area contributed by atoms with Gasteiger partial charge >= 0.3 is 5.97 Å². The molecule has 1 aliphatic heterocycles. The normalized spacial score (nSPS) is 15.6. The van der Waals surface area contributed by atoms with Gasteiger partial charge in [-0.05, 0) is 18.2 Å². The number of benzene rings is 1. The number of anilines is 1. The Labute approximate surface area is 171 Å². The summed E-state index contributed by atoms with van der Waals surface area (Å²) in [4.78, 5) is 15.8. The molecular formula is C19H17ClF2N2O4S. The number of hydrogen-bond donors (Lipinski definition) is 0. The fourth-order valence-corrected chi connectivity index (χ4v) is 4.80. The molecule has 1 aromatic carbocycles. The topological polar surface area (TPSA) is 76.6 Å². The van der Waals surface area contributed by atoms with Crippen LogP contribution in [-0.4, -0.2) is 32.3 Å². The molecule has 0 fully saturated rings. The molecule has 0 unspecified atom stereocenters. The summed E-state index contributed by atoms with van der Waals surface area (Å²) in [6.45, 7) is 2.07. The Balaban J connectivity index is 2.38. The Kier molecular flexibility index (Phi) is 5.90. The first-order chi connectivity index (χ1) is 13.6. The van der Waals surface area contributed by atoms with E-state index >= 15 is 0 Å². The van der Waals surface area contributed by atoms with Gasteiger partial charge in [-0.2, -0.15) is 0 Å². The maximum absolute atomic E-state index is 13.4. The van der Waals surface area contributed by atoms with E-state index in [4.69, 9.17) is 16.3 Å². The molecule has 0 spiro atoms. The molecule has 29 heavy (non-hydrogen) atoms. The number of hydrogen-bond acceptors (Lipinski definition) is 5. The van der Waals surface area contributed by atoms with E-state index in [0.29, 0.717) is 4.31 Å². The average Bonchev–Trinajstić information content (AvgIpc) is 2.65. The predicted octanol–water partition coefficient (Wildman–Crippen LogP) is 4.17. The van der Waals surface area contributed by atoms with Crippen molar-refractivity contribution < 1.29 is 26.7 Å². The molecule has 6 nitrogen and oxygen atoms in total. The Morgan fingerprint density at radius 1 is 1.17 bits per heavy atom. The van der Waals surface area contributed by atoms with Crippen molar-refractivity contribution in [3.63, 3.8) is 0 Å².